The van der Waals surface area contributed by atoms with Gasteiger partial charge in [-0.1, -0.05) is 31.4 Å². The highest BCUT2D eigenvalue weighted by Crippen LogP contribution is 2.33. The Morgan fingerprint density at radius 2 is 1.41 bits per heavy atom. The number of allylic oxidation sites excluding steroid dienone is 2. The summed E-state index contributed by atoms with van der Waals surface area (Å²) in [5.74, 6) is 1.67. The van der Waals surface area contributed by atoms with E-state index in [1.54, 1.807) is 0 Å². The van der Waals surface area contributed by atoms with Crippen LogP contribution in [0.5, 0.6) is 0 Å². The van der Waals surface area contributed by atoms with Crippen molar-refractivity contribution in [3.8, 4) is 5.40 Å². The Morgan fingerprint density at radius 1 is 0.824 bits per heavy atom. The Morgan fingerprint density at radius 3 is 2.00 bits per heavy atom. The first kappa shape index (κ1) is 13.0. The molecule has 2 fully saturated rings. The van der Waals surface area contributed by atoms with E-state index in [1.807, 2.05) is 0 Å². The van der Waals surface area contributed by atoms with Crippen LogP contribution in [0, 0.1) is 22.5 Å². The zero-order valence-corrected chi connectivity index (χ0v) is 11.4. The maximum absolute atomic E-state index is 8.66. The highest BCUT2D eigenvalue weighted by molar-refractivity contribution is 8.04. The molecule has 0 amide bonds. The predicted octanol–water partition coefficient (Wildman–Crippen LogP) is 4.90. The van der Waals surface area contributed by atoms with Crippen LogP contribution in [-0.2, 0) is 0 Å². The summed E-state index contributed by atoms with van der Waals surface area (Å²) in [4.78, 5) is 0. The van der Waals surface area contributed by atoms with Crippen LogP contribution >= 0.6 is 11.8 Å². The summed E-state index contributed by atoms with van der Waals surface area (Å²) in [5, 5.41) is 11.5. The van der Waals surface area contributed by atoms with Crippen molar-refractivity contribution in [2.45, 2.75) is 63.0 Å². The summed E-state index contributed by atoms with van der Waals surface area (Å²) < 4.78 is 0. The molecular formula is C15H23NS. The van der Waals surface area contributed by atoms with E-state index in [-0.39, 0.29) is 0 Å². The average Bonchev–Trinajstić information content (AvgIpc) is 2.40. The number of thioether (sulfide) groups is 1. The molecule has 2 saturated carbocycles. The monoisotopic (exact) mass is 249 g/mol. The number of nitrogens with zero attached hydrogens (tertiary/aromatic N) is 1. The van der Waals surface area contributed by atoms with E-state index in [0.717, 1.165) is 11.8 Å². The first-order chi connectivity index (χ1) is 8.38. The lowest BCUT2D eigenvalue weighted by molar-refractivity contribution is 0.404. The Labute approximate surface area is 110 Å². The molecule has 0 unspecified atom stereocenters. The molecule has 0 aromatic carbocycles. The Bertz CT molecular complexity index is 278. The zero-order valence-electron chi connectivity index (χ0n) is 10.6. The Hall–Kier alpha value is -0.420. The van der Waals surface area contributed by atoms with E-state index in [1.165, 1.54) is 69.5 Å². The first-order valence-corrected chi connectivity index (χ1v) is 7.99. The van der Waals surface area contributed by atoms with Crippen molar-refractivity contribution in [3.05, 3.63) is 12.2 Å². The number of hydrogen-bond acceptors (Lipinski definition) is 2. The standard InChI is InChI=1S/C15H23NS/c16-12-17-15-10-8-14(9-11-15)7-6-13-4-2-1-3-5-13/h6-7,13-15H,1-5,8-11H2/b7-6+. The van der Waals surface area contributed by atoms with Gasteiger partial charge in [-0.2, -0.15) is 5.26 Å². The van der Waals surface area contributed by atoms with Crippen molar-refractivity contribution in [2.75, 3.05) is 0 Å². The fourth-order valence-corrected chi connectivity index (χ4v) is 3.77. The van der Waals surface area contributed by atoms with Crippen LogP contribution in [0.25, 0.3) is 0 Å². The van der Waals surface area contributed by atoms with Gasteiger partial charge in [-0.15, -0.1) is 0 Å². The molecule has 94 valence electrons. The normalized spacial score (nSPS) is 31.5. The highest BCUT2D eigenvalue weighted by Gasteiger charge is 2.20. The molecule has 0 aliphatic heterocycles. The molecule has 0 N–H and O–H groups in total. The fraction of sp³-hybridized carbons (Fsp3) is 0.800. The number of thiocyanates is 1. The molecule has 0 radical (unpaired) electrons. The molecule has 0 atom stereocenters. The van der Waals surface area contributed by atoms with Crippen LogP contribution in [0.4, 0.5) is 0 Å². The van der Waals surface area contributed by atoms with Crippen LogP contribution in [0.15, 0.2) is 12.2 Å². The fourth-order valence-electron chi connectivity index (χ4n) is 3.11. The SMILES string of the molecule is N#CSC1CCC(/C=C/C2CCCCC2)CC1. The molecule has 0 spiro atoms. The van der Waals surface area contributed by atoms with Crippen LogP contribution in [0.3, 0.4) is 0 Å². The minimum Gasteiger partial charge on any atom is -0.185 e. The van der Waals surface area contributed by atoms with E-state index in [9.17, 15) is 0 Å². The van der Waals surface area contributed by atoms with Crippen molar-refractivity contribution >= 4 is 11.8 Å². The average molecular weight is 249 g/mol. The molecule has 0 bridgehead atoms. The van der Waals surface area contributed by atoms with Crippen molar-refractivity contribution < 1.29 is 0 Å². The van der Waals surface area contributed by atoms with Crippen molar-refractivity contribution in [2.24, 2.45) is 11.8 Å². The second-order valence-electron chi connectivity index (χ2n) is 5.53. The Balaban J connectivity index is 1.70. The molecule has 2 heteroatoms. The smallest absolute Gasteiger partial charge is 0.133 e. The third kappa shape index (κ3) is 4.39. The van der Waals surface area contributed by atoms with Gasteiger partial charge in [0.2, 0.25) is 0 Å². The second kappa shape index (κ2) is 7.11. The van der Waals surface area contributed by atoms with Crippen LogP contribution in [0.2, 0.25) is 0 Å². The second-order valence-corrected chi connectivity index (χ2v) is 6.61. The summed E-state index contributed by atoms with van der Waals surface area (Å²) >= 11 is 1.48. The van der Waals surface area contributed by atoms with Gasteiger partial charge in [-0.3, -0.25) is 0 Å². The van der Waals surface area contributed by atoms with Gasteiger partial charge in [0.25, 0.3) is 0 Å². The van der Waals surface area contributed by atoms with Crippen LogP contribution in [-0.4, -0.2) is 5.25 Å². The lowest BCUT2D eigenvalue weighted by Gasteiger charge is -2.25. The number of nitriles is 1. The molecule has 2 aliphatic rings. The van der Waals surface area contributed by atoms with Gasteiger partial charge in [0, 0.05) is 5.25 Å². The summed E-state index contributed by atoms with van der Waals surface area (Å²) in [7, 11) is 0. The predicted molar refractivity (Wildman–Crippen MR) is 74.7 cm³/mol. The summed E-state index contributed by atoms with van der Waals surface area (Å²) in [6.07, 6.45) is 17.2. The van der Waals surface area contributed by atoms with E-state index in [4.69, 9.17) is 5.26 Å². The van der Waals surface area contributed by atoms with E-state index in [0.29, 0.717) is 5.25 Å². The minimum absolute atomic E-state index is 0.610. The molecule has 2 rings (SSSR count). The maximum atomic E-state index is 8.66. The number of hydrogen-bond donors (Lipinski definition) is 0. The van der Waals surface area contributed by atoms with Crippen molar-refractivity contribution in [3.63, 3.8) is 0 Å². The maximum Gasteiger partial charge on any atom is 0.133 e. The molecule has 0 heterocycles. The molecular weight excluding hydrogens is 226 g/mol. The van der Waals surface area contributed by atoms with Gasteiger partial charge in [0.15, 0.2) is 0 Å². The van der Waals surface area contributed by atoms with Crippen molar-refractivity contribution in [1.82, 2.24) is 0 Å². The van der Waals surface area contributed by atoms with Gasteiger partial charge < -0.3 is 0 Å². The summed E-state index contributed by atoms with van der Waals surface area (Å²) in [6.45, 7) is 0. The van der Waals surface area contributed by atoms with E-state index in [2.05, 4.69) is 17.6 Å². The van der Waals surface area contributed by atoms with Crippen LogP contribution < -0.4 is 0 Å². The highest BCUT2D eigenvalue weighted by atomic mass is 32.2. The molecule has 0 aromatic rings. The molecule has 17 heavy (non-hydrogen) atoms. The third-order valence-electron chi connectivity index (χ3n) is 4.24. The van der Waals surface area contributed by atoms with Gasteiger partial charge in [0.05, 0.1) is 0 Å². The Kier molecular flexibility index (Phi) is 5.45. The largest absolute Gasteiger partial charge is 0.185 e. The van der Waals surface area contributed by atoms with Gasteiger partial charge in [0.1, 0.15) is 5.40 Å². The quantitative estimate of drug-likeness (QED) is 0.525. The van der Waals surface area contributed by atoms with Gasteiger partial charge in [-0.05, 0) is 62.1 Å². The van der Waals surface area contributed by atoms with E-state index < -0.39 is 0 Å². The van der Waals surface area contributed by atoms with E-state index >= 15 is 0 Å². The molecule has 0 saturated heterocycles. The third-order valence-corrected chi connectivity index (χ3v) is 5.15. The lowest BCUT2D eigenvalue weighted by Crippen LogP contribution is -2.14. The zero-order chi connectivity index (χ0) is 11.9. The summed E-state index contributed by atoms with van der Waals surface area (Å²) in [5.41, 5.74) is 0. The topological polar surface area (TPSA) is 23.8 Å². The number of rotatable bonds is 3. The lowest BCUT2D eigenvalue weighted by atomic mass is 9.85. The first-order valence-electron chi connectivity index (χ1n) is 7.11. The summed E-state index contributed by atoms with van der Waals surface area (Å²) in [6, 6.07) is 0. The van der Waals surface area contributed by atoms with Crippen molar-refractivity contribution in [1.29, 1.82) is 5.26 Å². The molecule has 1 nitrogen and oxygen atoms in total. The van der Waals surface area contributed by atoms with Crippen LogP contribution in [0.1, 0.15) is 57.8 Å². The molecule has 0 aromatic heterocycles. The minimum atomic E-state index is 0.610. The molecule has 2 aliphatic carbocycles. The van der Waals surface area contributed by atoms with Gasteiger partial charge in [-0.25, -0.2) is 0 Å². The van der Waals surface area contributed by atoms with Gasteiger partial charge >= 0.3 is 0 Å².